The lowest BCUT2D eigenvalue weighted by atomic mass is 9.53. The molecule has 0 aliphatic carbocycles. The first-order chi connectivity index (χ1) is 13.9. The molecule has 2 bridgehead atoms. The van der Waals surface area contributed by atoms with E-state index in [-0.39, 0.29) is 0 Å². The minimum Gasteiger partial charge on any atom is -0.443 e. The van der Waals surface area contributed by atoms with Gasteiger partial charge < -0.3 is 9.47 Å². The second kappa shape index (κ2) is 6.17. The van der Waals surface area contributed by atoms with E-state index in [0.717, 1.165) is 5.56 Å². The van der Waals surface area contributed by atoms with Crippen molar-refractivity contribution in [3.05, 3.63) is 71.3 Å². The van der Waals surface area contributed by atoms with Gasteiger partial charge in [0.1, 0.15) is 6.10 Å². The molecule has 4 unspecified atom stereocenters. The number of fused-ring (bicyclic) bond motifs is 2. The van der Waals surface area contributed by atoms with Gasteiger partial charge in [0.15, 0.2) is 5.41 Å². The van der Waals surface area contributed by atoms with Gasteiger partial charge in [-0.3, -0.25) is 5.41 Å². The fraction of sp³-hybridized carbons (Fsp3) is 0.304. The van der Waals surface area contributed by atoms with Crippen molar-refractivity contribution in [3.63, 3.8) is 0 Å². The van der Waals surface area contributed by atoms with Crippen molar-refractivity contribution in [2.75, 3.05) is 0 Å². The monoisotopic (exact) mass is 382 g/mol. The first-order valence-corrected chi connectivity index (χ1v) is 9.23. The summed E-state index contributed by atoms with van der Waals surface area (Å²) in [6.07, 6.45) is -1.07. The third kappa shape index (κ3) is 2.08. The van der Waals surface area contributed by atoms with Crippen LogP contribution in [0.4, 0.5) is 0 Å². The highest BCUT2D eigenvalue weighted by Crippen LogP contribution is 2.68. The maximum atomic E-state index is 10.3. The number of hydrogen-bond donors (Lipinski definition) is 1. The zero-order valence-corrected chi connectivity index (χ0v) is 16.0. The first-order valence-electron chi connectivity index (χ1n) is 9.23. The number of hydrogen-bond acceptors (Lipinski definition) is 6. The molecule has 6 heteroatoms. The summed E-state index contributed by atoms with van der Waals surface area (Å²) in [5.74, 6) is -2.61. The van der Waals surface area contributed by atoms with Crippen LogP contribution in [0.15, 0.2) is 54.6 Å². The summed E-state index contributed by atoms with van der Waals surface area (Å²) >= 11 is 0. The summed E-state index contributed by atoms with van der Waals surface area (Å²) in [6.45, 7) is 3.60. The Bertz CT molecular complexity index is 1110. The fourth-order valence-electron chi connectivity index (χ4n) is 4.67. The Kier molecular flexibility index (Phi) is 3.98. The molecule has 2 heterocycles. The maximum absolute atomic E-state index is 10.3. The third-order valence-corrected chi connectivity index (χ3v) is 6.19. The van der Waals surface area contributed by atoms with Crippen LogP contribution in [0.5, 0.6) is 0 Å². The van der Waals surface area contributed by atoms with Crippen LogP contribution in [-0.4, -0.2) is 5.90 Å². The highest BCUT2D eigenvalue weighted by Gasteiger charge is 2.79. The fourth-order valence-corrected chi connectivity index (χ4v) is 4.67. The second-order valence-corrected chi connectivity index (χ2v) is 7.55. The molecule has 29 heavy (non-hydrogen) atoms. The Labute approximate surface area is 169 Å². The van der Waals surface area contributed by atoms with Gasteiger partial charge in [-0.15, -0.1) is 0 Å². The lowest BCUT2D eigenvalue weighted by Crippen LogP contribution is -2.57. The van der Waals surface area contributed by atoms with Crippen LogP contribution in [0.1, 0.15) is 29.7 Å². The molecule has 2 aromatic carbocycles. The molecule has 0 radical (unpaired) electrons. The second-order valence-electron chi connectivity index (χ2n) is 7.55. The number of nitriles is 3. The normalized spacial score (nSPS) is 31.8. The summed E-state index contributed by atoms with van der Waals surface area (Å²) < 4.78 is 12.4. The van der Waals surface area contributed by atoms with Gasteiger partial charge in [-0.25, -0.2) is 0 Å². The number of nitrogens with one attached hydrogen (secondary N) is 1. The molecule has 2 saturated heterocycles. The Morgan fingerprint density at radius 3 is 2.24 bits per heavy atom. The molecule has 4 atom stereocenters. The van der Waals surface area contributed by atoms with Crippen LogP contribution in [0.25, 0.3) is 0 Å². The Morgan fingerprint density at radius 2 is 1.66 bits per heavy atom. The molecule has 2 aliphatic heterocycles. The average molecular weight is 382 g/mol. The molecule has 4 rings (SSSR count). The molecule has 2 fully saturated rings. The summed E-state index contributed by atoms with van der Waals surface area (Å²) in [5, 5.41) is 39.2. The minimum absolute atomic E-state index is 0.408. The van der Waals surface area contributed by atoms with Gasteiger partial charge in [-0.1, -0.05) is 67.1 Å². The average Bonchev–Trinajstić information content (AvgIpc) is 2.90. The standard InChI is InChI=1S/C23H18N4O2/c1-15-7-6-8-17(11-15)19-21(12-24,13-25)22(14-26)16(2)23(28-19,29-20(22)27)18-9-4-3-5-10-18/h3-11,16,19,27H,1-2H3. The summed E-state index contributed by atoms with van der Waals surface area (Å²) in [5.41, 5.74) is -1.56. The van der Waals surface area contributed by atoms with E-state index in [0.29, 0.717) is 11.1 Å². The molecule has 142 valence electrons. The van der Waals surface area contributed by atoms with Gasteiger partial charge in [0.25, 0.3) is 0 Å². The number of nitrogens with zero attached hydrogens (tertiary/aromatic N) is 3. The highest BCUT2D eigenvalue weighted by atomic mass is 16.7. The first kappa shape index (κ1) is 18.7. The van der Waals surface area contributed by atoms with Crippen LogP contribution in [0, 0.1) is 63.1 Å². The molecular formula is C23H18N4O2. The zero-order valence-electron chi connectivity index (χ0n) is 16.0. The van der Waals surface area contributed by atoms with Crippen molar-refractivity contribution in [1.82, 2.24) is 0 Å². The Hall–Kier alpha value is -3.66. The largest absolute Gasteiger partial charge is 0.443 e. The van der Waals surface area contributed by atoms with E-state index in [1.165, 1.54) is 0 Å². The van der Waals surface area contributed by atoms with Gasteiger partial charge >= 0.3 is 0 Å². The molecule has 2 aliphatic rings. The van der Waals surface area contributed by atoms with Crippen molar-refractivity contribution in [1.29, 1.82) is 21.2 Å². The minimum atomic E-state index is -1.94. The zero-order chi connectivity index (χ0) is 20.9. The van der Waals surface area contributed by atoms with Crippen molar-refractivity contribution in [2.24, 2.45) is 16.7 Å². The molecular weight excluding hydrogens is 364 g/mol. The van der Waals surface area contributed by atoms with E-state index in [1.807, 2.05) is 43.3 Å². The van der Waals surface area contributed by atoms with E-state index in [1.54, 1.807) is 25.1 Å². The van der Waals surface area contributed by atoms with Gasteiger partial charge in [0, 0.05) is 5.56 Å². The SMILES string of the molecule is Cc1cccc(C2OC3(c4ccccc4)OC(=N)C(C#N)(C3C)C2(C#N)C#N)c1. The predicted molar refractivity (Wildman–Crippen MR) is 103 cm³/mol. The molecule has 2 aromatic rings. The number of ether oxygens (including phenoxy) is 2. The van der Waals surface area contributed by atoms with E-state index in [4.69, 9.17) is 14.9 Å². The van der Waals surface area contributed by atoms with E-state index in [9.17, 15) is 15.8 Å². The summed E-state index contributed by atoms with van der Waals surface area (Å²) in [4.78, 5) is 0. The Balaban J connectivity index is 2.06. The van der Waals surface area contributed by atoms with Crippen molar-refractivity contribution >= 4 is 5.90 Å². The van der Waals surface area contributed by atoms with Crippen LogP contribution < -0.4 is 0 Å². The van der Waals surface area contributed by atoms with Crippen LogP contribution >= 0.6 is 0 Å². The topological polar surface area (TPSA) is 114 Å². The van der Waals surface area contributed by atoms with Gasteiger partial charge in [-0.2, -0.15) is 15.8 Å². The predicted octanol–water partition coefficient (Wildman–Crippen LogP) is 4.11. The number of aryl methyl sites for hydroxylation is 1. The summed E-state index contributed by atoms with van der Waals surface area (Å²) in [6, 6.07) is 22.6. The summed E-state index contributed by atoms with van der Waals surface area (Å²) in [7, 11) is 0. The molecule has 0 spiro atoms. The Morgan fingerprint density at radius 1 is 0.966 bits per heavy atom. The highest BCUT2D eigenvalue weighted by molar-refractivity contribution is 5.89. The third-order valence-electron chi connectivity index (χ3n) is 6.19. The quantitative estimate of drug-likeness (QED) is 0.839. The molecule has 0 saturated carbocycles. The number of rotatable bonds is 2. The van der Waals surface area contributed by atoms with Crippen LogP contribution in [0.2, 0.25) is 0 Å². The molecule has 0 aromatic heterocycles. The van der Waals surface area contributed by atoms with Gasteiger partial charge in [0.2, 0.25) is 17.1 Å². The molecule has 0 amide bonds. The smallest absolute Gasteiger partial charge is 0.244 e. The van der Waals surface area contributed by atoms with E-state index in [2.05, 4.69) is 18.2 Å². The molecule has 1 N–H and O–H groups in total. The van der Waals surface area contributed by atoms with Crippen LogP contribution in [0.3, 0.4) is 0 Å². The lowest BCUT2D eigenvalue weighted by molar-refractivity contribution is -0.288. The van der Waals surface area contributed by atoms with Crippen molar-refractivity contribution in [2.45, 2.75) is 25.7 Å². The van der Waals surface area contributed by atoms with Crippen molar-refractivity contribution < 1.29 is 9.47 Å². The maximum Gasteiger partial charge on any atom is 0.244 e. The van der Waals surface area contributed by atoms with Crippen molar-refractivity contribution in [3.8, 4) is 18.2 Å². The number of benzene rings is 2. The van der Waals surface area contributed by atoms with Gasteiger partial charge in [-0.05, 0) is 12.5 Å². The lowest BCUT2D eigenvalue weighted by Gasteiger charge is -2.48. The molecule has 6 nitrogen and oxygen atoms in total. The van der Waals surface area contributed by atoms with E-state index >= 15 is 0 Å². The van der Waals surface area contributed by atoms with E-state index < -0.39 is 34.5 Å². The van der Waals surface area contributed by atoms with Gasteiger partial charge in [0.05, 0.1) is 24.1 Å². The van der Waals surface area contributed by atoms with Crippen LogP contribution in [-0.2, 0) is 15.3 Å².